The van der Waals surface area contributed by atoms with Crippen molar-refractivity contribution in [2.45, 2.75) is 0 Å². The first-order chi connectivity index (χ1) is 8.75. The summed E-state index contributed by atoms with van der Waals surface area (Å²) in [4.78, 5) is 17.4. The molecule has 1 aliphatic rings. The molecule has 2 aromatic rings. The number of hydrazine groups is 1. The Labute approximate surface area is 105 Å². The van der Waals surface area contributed by atoms with E-state index in [-0.39, 0.29) is 5.91 Å². The molecular formula is C13H16N4O. The van der Waals surface area contributed by atoms with Gasteiger partial charge in [0.15, 0.2) is 0 Å². The molecule has 0 unspecified atom stereocenters. The number of rotatable bonds is 1. The average molecular weight is 244 g/mol. The van der Waals surface area contributed by atoms with E-state index in [9.17, 15) is 4.79 Å². The van der Waals surface area contributed by atoms with Crippen LogP contribution in [0.15, 0.2) is 30.5 Å². The summed E-state index contributed by atoms with van der Waals surface area (Å²) in [5.74, 6) is 5.78. The number of nitrogens with one attached hydrogen (secondary N) is 1. The molecule has 1 aromatic carbocycles. The van der Waals surface area contributed by atoms with E-state index in [1.54, 1.807) is 11.2 Å². The standard InChI is InChI=1S/C13H16N4O/c14-17-7-5-16(6-8-17)13(18)11-9-15-12-4-2-1-3-10(11)12/h1-4,9,15H,5-8,14H2. The van der Waals surface area contributed by atoms with Gasteiger partial charge in [0.05, 0.1) is 5.56 Å². The van der Waals surface area contributed by atoms with E-state index in [1.807, 2.05) is 29.2 Å². The zero-order valence-electron chi connectivity index (χ0n) is 10.1. The normalized spacial score (nSPS) is 17.3. The lowest BCUT2D eigenvalue weighted by molar-refractivity contribution is 0.0640. The number of hydrogen-bond acceptors (Lipinski definition) is 3. The van der Waals surface area contributed by atoms with Crippen molar-refractivity contribution in [3.05, 3.63) is 36.0 Å². The molecule has 1 amide bonds. The van der Waals surface area contributed by atoms with Crippen LogP contribution in [0.25, 0.3) is 10.9 Å². The monoisotopic (exact) mass is 244 g/mol. The minimum Gasteiger partial charge on any atom is -0.360 e. The van der Waals surface area contributed by atoms with Crippen molar-refractivity contribution in [2.75, 3.05) is 26.2 Å². The van der Waals surface area contributed by atoms with Crippen LogP contribution in [0.4, 0.5) is 0 Å². The Hall–Kier alpha value is -1.85. The smallest absolute Gasteiger partial charge is 0.256 e. The molecule has 1 saturated heterocycles. The molecule has 1 aromatic heterocycles. The lowest BCUT2D eigenvalue weighted by Crippen LogP contribution is -2.51. The van der Waals surface area contributed by atoms with Gasteiger partial charge in [0.25, 0.3) is 5.91 Å². The predicted octanol–water partition coefficient (Wildman–Crippen LogP) is 0.799. The Kier molecular flexibility index (Phi) is 2.77. The number of piperazine rings is 1. The summed E-state index contributed by atoms with van der Waals surface area (Å²) in [7, 11) is 0. The zero-order chi connectivity index (χ0) is 12.5. The van der Waals surface area contributed by atoms with Crippen LogP contribution in [-0.2, 0) is 0 Å². The van der Waals surface area contributed by atoms with Gasteiger partial charge < -0.3 is 9.88 Å². The highest BCUT2D eigenvalue weighted by molar-refractivity contribution is 6.06. The quantitative estimate of drug-likeness (QED) is 0.729. The fourth-order valence-corrected chi connectivity index (χ4v) is 2.34. The molecule has 1 fully saturated rings. The van der Waals surface area contributed by atoms with Crippen LogP contribution in [0.1, 0.15) is 10.4 Å². The summed E-state index contributed by atoms with van der Waals surface area (Å²) in [6.07, 6.45) is 1.79. The maximum absolute atomic E-state index is 12.4. The van der Waals surface area contributed by atoms with Gasteiger partial charge in [-0.15, -0.1) is 0 Å². The van der Waals surface area contributed by atoms with E-state index in [0.29, 0.717) is 13.1 Å². The van der Waals surface area contributed by atoms with Gasteiger partial charge in [0, 0.05) is 43.3 Å². The number of hydrogen-bond donors (Lipinski definition) is 2. The highest BCUT2D eigenvalue weighted by atomic mass is 16.2. The van der Waals surface area contributed by atoms with Crippen molar-refractivity contribution in [1.82, 2.24) is 14.9 Å². The zero-order valence-corrected chi connectivity index (χ0v) is 10.1. The van der Waals surface area contributed by atoms with Gasteiger partial charge in [-0.1, -0.05) is 18.2 Å². The fourth-order valence-electron chi connectivity index (χ4n) is 2.34. The van der Waals surface area contributed by atoms with Crippen molar-refractivity contribution >= 4 is 16.8 Å². The fraction of sp³-hybridized carbons (Fsp3) is 0.308. The van der Waals surface area contributed by atoms with Crippen LogP contribution < -0.4 is 5.84 Å². The largest absolute Gasteiger partial charge is 0.360 e. The van der Waals surface area contributed by atoms with Crippen molar-refractivity contribution in [1.29, 1.82) is 0 Å². The molecule has 0 atom stereocenters. The summed E-state index contributed by atoms with van der Waals surface area (Å²) in [6.45, 7) is 2.84. The molecule has 1 aliphatic heterocycles. The maximum Gasteiger partial charge on any atom is 0.256 e. The first-order valence-electron chi connectivity index (χ1n) is 6.11. The Morgan fingerprint density at radius 2 is 1.89 bits per heavy atom. The third kappa shape index (κ3) is 1.87. The van der Waals surface area contributed by atoms with E-state index in [2.05, 4.69) is 4.98 Å². The Bertz CT molecular complexity index is 569. The molecule has 2 heterocycles. The molecule has 5 nitrogen and oxygen atoms in total. The van der Waals surface area contributed by atoms with Gasteiger partial charge in [-0.05, 0) is 6.07 Å². The van der Waals surface area contributed by atoms with Crippen LogP contribution in [0.5, 0.6) is 0 Å². The van der Waals surface area contributed by atoms with Gasteiger partial charge in [-0.25, -0.2) is 5.01 Å². The third-order valence-corrected chi connectivity index (χ3v) is 3.42. The summed E-state index contributed by atoms with van der Waals surface area (Å²) in [5.41, 5.74) is 1.74. The molecule has 0 saturated carbocycles. The number of aromatic nitrogens is 1. The highest BCUT2D eigenvalue weighted by Crippen LogP contribution is 2.19. The van der Waals surface area contributed by atoms with E-state index in [0.717, 1.165) is 29.6 Å². The average Bonchev–Trinajstić information content (AvgIpc) is 2.82. The molecule has 3 rings (SSSR count). The number of benzene rings is 1. The maximum atomic E-state index is 12.4. The number of aromatic amines is 1. The van der Waals surface area contributed by atoms with E-state index in [4.69, 9.17) is 5.84 Å². The number of amides is 1. The minimum absolute atomic E-state index is 0.0838. The number of nitrogens with zero attached hydrogens (tertiary/aromatic N) is 2. The van der Waals surface area contributed by atoms with Gasteiger partial charge in [0.2, 0.25) is 0 Å². The summed E-state index contributed by atoms with van der Waals surface area (Å²) in [6, 6.07) is 7.85. The molecule has 5 heteroatoms. The van der Waals surface area contributed by atoms with E-state index < -0.39 is 0 Å². The SMILES string of the molecule is NN1CCN(C(=O)c2c[nH]c3ccccc23)CC1. The molecule has 0 radical (unpaired) electrons. The first kappa shape index (κ1) is 11.3. The van der Waals surface area contributed by atoms with Crippen molar-refractivity contribution < 1.29 is 4.79 Å². The minimum atomic E-state index is 0.0838. The van der Waals surface area contributed by atoms with Crippen LogP contribution in [0, 0.1) is 0 Å². The molecule has 3 N–H and O–H groups in total. The van der Waals surface area contributed by atoms with E-state index in [1.165, 1.54) is 0 Å². The number of para-hydroxylation sites is 1. The summed E-state index contributed by atoms with van der Waals surface area (Å²) in [5, 5.41) is 2.73. The molecule has 94 valence electrons. The van der Waals surface area contributed by atoms with Crippen LogP contribution >= 0.6 is 0 Å². The second kappa shape index (κ2) is 4.44. The number of nitrogens with two attached hydrogens (primary N) is 1. The van der Waals surface area contributed by atoms with Crippen LogP contribution in [-0.4, -0.2) is 47.0 Å². The third-order valence-electron chi connectivity index (χ3n) is 3.42. The van der Waals surface area contributed by atoms with Gasteiger partial charge in [-0.3, -0.25) is 10.6 Å². The Balaban J connectivity index is 1.88. The predicted molar refractivity (Wildman–Crippen MR) is 70.0 cm³/mol. The second-order valence-electron chi connectivity index (χ2n) is 4.58. The summed E-state index contributed by atoms with van der Waals surface area (Å²) < 4.78 is 0. The molecule has 0 spiro atoms. The molecule has 0 aliphatic carbocycles. The second-order valence-corrected chi connectivity index (χ2v) is 4.58. The van der Waals surface area contributed by atoms with Crippen LogP contribution in [0.2, 0.25) is 0 Å². The lowest BCUT2D eigenvalue weighted by Gasteiger charge is -2.31. The van der Waals surface area contributed by atoms with Crippen molar-refractivity contribution in [3.8, 4) is 0 Å². The molecule has 0 bridgehead atoms. The number of carbonyl (C=O) groups excluding carboxylic acids is 1. The van der Waals surface area contributed by atoms with E-state index >= 15 is 0 Å². The number of fused-ring (bicyclic) bond motifs is 1. The Morgan fingerprint density at radius 1 is 1.17 bits per heavy atom. The highest BCUT2D eigenvalue weighted by Gasteiger charge is 2.22. The number of carbonyl (C=O) groups is 1. The molecule has 18 heavy (non-hydrogen) atoms. The van der Waals surface area contributed by atoms with Gasteiger partial charge in [-0.2, -0.15) is 0 Å². The lowest BCUT2D eigenvalue weighted by atomic mass is 10.1. The number of H-pyrrole nitrogens is 1. The van der Waals surface area contributed by atoms with Gasteiger partial charge in [0.1, 0.15) is 0 Å². The summed E-state index contributed by atoms with van der Waals surface area (Å²) >= 11 is 0. The van der Waals surface area contributed by atoms with Crippen molar-refractivity contribution in [2.24, 2.45) is 5.84 Å². The topological polar surface area (TPSA) is 65.4 Å². The molecular weight excluding hydrogens is 228 g/mol. The first-order valence-corrected chi connectivity index (χ1v) is 6.11. The van der Waals surface area contributed by atoms with Crippen molar-refractivity contribution in [3.63, 3.8) is 0 Å². The Morgan fingerprint density at radius 3 is 2.67 bits per heavy atom. The van der Waals surface area contributed by atoms with Gasteiger partial charge >= 0.3 is 0 Å². The van der Waals surface area contributed by atoms with Crippen LogP contribution in [0.3, 0.4) is 0 Å².